The predicted molar refractivity (Wildman–Crippen MR) is 109 cm³/mol. The summed E-state index contributed by atoms with van der Waals surface area (Å²) in [5, 5.41) is 7.07. The highest BCUT2D eigenvalue weighted by atomic mass is 32.2. The van der Waals surface area contributed by atoms with E-state index < -0.39 is 0 Å². The van der Waals surface area contributed by atoms with Crippen LogP contribution in [0.25, 0.3) is 0 Å². The Hall–Kier alpha value is -2.53. The number of carbonyl (C=O) groups excluding carboxylic acids is 1. The van der Waals surface area contributed by atoms with E-state index >= 15 is 0 Å². The van der Waals surface area contributed by atoms with Crippen molar-refractivity contribution in [2.24, 2.45) is 0 Å². The number of amides is 1. The summed E-state index contributed by atoms with van der Waals surface area (Å²) in [6.07, 6.45) is 0. The molecule has 0 radical (unpaired) electrons. The molecule has 1 N–H and O–H groups in total. The number of carbonyl (C=O) groups is 1. The molecule has 0 spiro atoms. The summed E-state index contributed by atoms with van der Waals surface area (Å²) in [4.78, 5) is 13.7. The van der Waals surface area contributed by atoms with Crippen molar-refractivity contribution in [3.8, 4) is 0 Å². The molecular weight excluding hydrogens is 356 g/mol. The molecule has 0 aliphatic heterocycles. The van der Waals surface area contributed by atoms with Gasteiger partial charge in [-0.3, -0.25) is 4.79 Å². The molecule has 3 aromatic rings. The lowest BCUT2D eigenvalue weighted by Gasteiger charge is -2.14. The Kier molecular flexibility index (Phi) is 6.35. The fourth-order valence-corrected chi connectivity index (χ4v) is 4.08. The van der Waals surface area contributed by atoms with Gasteiger partial charge < -0.3 is 9.84 Å². The molecule has 0 aliphatic rings. The van der Waals surface area contributed by atoms with Crippen LogP contribution >= 0.6 is 11.8 Å². The number of aryl methyl sites for hydroxylation is 2. The minimum Gasteiger partial charge on any atom is -0.361 e. The zero-order chi connectivity index (χ0) is 19.2. The Bertz CT molecular complexity index is 886. The molecule has 1 atom stereocenters. The van der Waals surface area contributed by atoms with E-state index in [-0.39, 0.29) is 11.8 Å². The molecule has 0 fully saturated rings. The molecule has 0 bridgehead atoms. The fourth-order valence-electron chi connectivity index (χ4n) is 2.88. The molecule has 0 aliphatic carbocycles. The average Bonchev–Trinajstić information content (AvgIpc) is 3.02. The van der Waals surface area contributed by atoms with Gasteiger partial charge in [0.15, 0.2) is 0 Å². The summed E-state index contributed by atoms with van der Waals surface area (Å²) >= 11 is 1.63. The van der Waals surface area contributed by atoms with Crippen molar-refractivity contribution in [3.05, 3.63) is 82.7 Å². The van der Waals surface area contributed by atoms with Gasteiger partial charge in [0.25, 0.3) is 5.91 Å². The molecule has 27 heavy (non-hydrogen) atoms. The normalized spacial score (nSPS) is 12.0. The van der Waals surface area contributed by atoms with E-state index in [0.29, 0.717) is 12.1 Å². The first-order valence-corrected chi connectivity index (χ1v) is 10.0. The second-order valence-corrected chi connectivity index (χ2v) is 7.63. The molecule has 5 heteroatoms. The maximum Gasteiger partial charge on any atom is 0.252 e. The molecule has 0 saturated heterocycles. The summed E-state index contributed by atoms with van der Waals surface area (Å²) in [6.45, 7) is 6.58. The second-order valence-electron chi connectivity index (χ2n) is 6.61. The van der Waals surface area contributed by atoms with Gasteiger partial charge in [0, 0.05) is 22.8 Å². The molecule has 0 saturated carbocycles. The number of nitrogens with zero attached hydrogens (tertiary/aromatic N) is 1. The topological polar surface area (TPSA) is 55.1 Å². The Labute approximate surface area is 164 Å². The van der Waals surface area contributed by atoms with E-state index in [9.17, 15) is 4.79 Å². The average molecular weight is 381 g/mol. The van der Waals surface area contributed by atoms with Crippen LogP contribution < -0.4 is 5.32 Å². The van der Waals surface area contributed by atoms with Gasteiger partial charge in [0.2, 0.25) is 0 Å². The van der Waals surface area contributed by atoms with Crippen LogP contribution in [0.3, 0.4) is 0 Å². The first-order valence-electron chi connectivity index (χ1n) is 9.03. The van der Waals surface area contributed by atoms with E-state index in [2.05, 4.69) is 29.5 Å². The molecule has 140 valence electrons. The van der Waals surface area contributed by atoms with Gasteiger partial charge >= 0.3 is 0 Å². The maximum absolute atomic E-state index is 12.7. The van der Waals surface area contributed by atoms with Crippen molar-refractivity contribution < 1.29 is 9.32 Å². The van der Waals surface area contributed by atoms with Gasteiger partial charge in [-0.05, 0) is 37.5 Å². The maximum atomic E-state index is 12.7. The van der Waals surface area contributed by atoms with Crippen LogP contribution in [0.4, 0.5) is 0 Å². The third-order valence-corrected chi connectivity index (χ3v) is 5.72. The van der Waals surface area contributed by atoms with E-state index in [1.807, 2.05) is 56.3 Å². The summed E-state index contributed by atoms with van der Waals surface area (Å²) in [6, 6.07) is 17.9. The minimum atomic E-state index is -0.0420. The molecular formula is C22H24N2O2S. The largest absolute Gasteiger partial charge is 0.361 e. The summed E-state index contributed by atoms with van der Waals surface area (Å²) in [5.41, 5.74) is 3.92. The summed E-state index contributed by atoms with van der Waals surface area (Å²) in [5.74, 6) is 1.78. The van der Waals surface area contributed by atoms with E-state index in [1.165, 1.54) is 5.56 Å². The van der Waals surface area contributed by atoms with Crippen LogP contribution in [0, 0.1) is 13.8 Å². The standard InChI is InChI=1S/C22H24N2O2S/c1-15(18-9-5-4-6-10-18)13-23-22(25)19-11-7-8-12-21(19)27-14-20-16(2)24-26-17(20)3/h4-12,15H,13-14H2,1-3H3,(H,23,25). The van der Waals surface area contributed by atoms with Crippen LogP contribution in [-0.4, -0.2) is 17.6 Å². The second kappa shape index (κ2) is 8.91. The minimum absolute atomic E-state index is 0.0420. The van der Waals surface area contributed by atoms with E-state index in [1.54, 1.807) is 11.8 Å². The molecule has 1 unspecified atom stereocenters. The Morgan fingerprint density at radius 2 is 1.81 bits per heavy atom. The summed E-state index contributed by atoms with van der Waals surface area (Å²) in [7, 11) is 0. The number of aromatic nitrogens is 1. The number of nitrogens with one attached hydrogen (secondary N) is 1. The lowest BCUT2D eigenvalue weighted by molar-refractivity contribution is 0.0948. The third-order valence-electron chi connectivity index (χ3n) is 4.62. The Morgan fingerprint density at radius 1 is 1.11 bits per heavy atom. The van der Waals surface area contributed by atoms with Crippen LogP contribution in [0.1, 0.15) is 45.8 Å². The van der Waals surface area contributed by atoms with Crippen LogP contribution in [0.2, 0.25) is 0 Å². The quantitative estimate of drug-likeness (QED) is 0.578. The highest BCUT2D eigenvalue weighted by Crippen LogP contribution is 2.28. The van der Waals surface area contributed by atoms with Crippen molar-refractivity contribution in [2.45, 2.75) is 37.3 Å². The zero-order valence-corrected chi connectivity index (χ0v) is 16.7. The van der Waals surface area contributed by atoms with Gasteiger partial charge in [-0.1, -0.05) is 54.5 Å². The summed E-state index contributed by atoms with van der Waals surface area (Å²) < 4.78 is 5.23. The van der Waals surface area contributed by atoms with Gasteiger partial charge in [-0.25, -0.2) is 0 Å². The monoisotopic (exact) mass is 380 g/mol. The van der Waals surface area contributed by atoms with Gasteiger partial charge in [0.05, 0.1) is 11.3 Å². The third kappa shape index (κ3) is 4.80. The predicted octanol–water partition coefficient (Wildman–Crippen LogP) is 5.12. The fraction of sp³-hybridized carbons (Fsp3) is 0.273. The van der Waals surface area contributed by atoms with Gasteiger partial charge in [-0.15, -0.1) is 11.8 Å². The SMILES string of the molecule is Cc1noc(C)c1CSc1ccccc1C(=O)NCC(C)c1ccccc1. The highest BCUT2D eigenvalue weighted by Gasteiger charge is 2.15. The number of hydrogen-bond donors (Lipinski definition) is 1. The first kappa shape index (κ1) is 19.2. The van der Waals surface area contributed by atoms with Crippen LogP contribution in [-0.2, 0) is 5.75 Å². The molecule has 3 rings (SSSR count). The Morgan fingerprint density at radius 3 is 2.52 bits per heavy atom. The van der Waals surface area contributed by atoms with Crippen molar-refractivity contribution >= 4 is 17.7 Å². The van der Waals surface area contributed by atoms with Crippen molar-refractivity contribution in [3.63, 3.8) is 0 Å². The number of benzene rings is 2. The van der Waals surface area contributed by atoms with Crippen LogP contribution in [0.15, 0.2) is 64.0 Å². The number of rotatable bonds is 7. The highest BCUT2D eigenvalue weighted by molar-refractivity contribution is 7.98. The van der Waals surface area contributed by atoms with Gasteiger partial charge in [-0.2, -0.15) is 0 Å². The van der Waals surface area contributed by atoms with Gasteiger partial charge in [0.1, 0.15) is 5.76 Å². The molecule has 4 nitrogen and oxygen atoms in total. The lowest BCUT2D eigenvalue weighted by atomic mass is 10.0. The Balaban J connectivity index is 1.65. The molecule has 1 amide bonds. The lowest BCUT2D eigenvalue weighted by Crippen LogP contribution is -2.27. The van der Waals surface area contributed by atoms with E-state index in [0.717, 1.165) is 27.7 Å². The molecule has 1 heterocycles. The number of hydrogen-bond acceptors (Lipinski definition) is 4. The smallest absolute Gasteiger partial charge is 0.252 e. The van der Waals surface area contributed by atoms with Crippen molar-refractivity contribution in [2.75, 3.05) is 6.54 Å². The zero-order valence-electron chi connectivity index (χ0n) is 15.9. The van der Waals surface area contributed by atoms with Crippen molar-refractivity contribution in [1.29, 1.82) is 0 Å². The number of thioether (sulfide) groups is 1. The molecule has 1 aromatic heterocycles. The van der Waals surface area contributed by atoms with Crippen molar-refractivity contribution in [1.82, 2.24) is 10.5 Å². The first-order chi connectivity index (χ1) is 13.1. The van der Waals surface area contributed by atoms with Crippen LogP contribution in [0.5, 0.6) is 0 Å². The van der Waals surface area contributed by atoms with E-state index in [4.69, 9.17) is 4.52 Å². The molecule has 2 aromatic carbocycles.